The van der Waals surface area contributed by atoms with E-state index in [0.717, 1.165) is 50.8 Å². The average molecular weight is 295 g/mol. The molecular formula is C18H21N3O. The molecule has 1 aliphatic heterocycles. The summed E-state index contributed by atoms with van der Waals surface area (Å²) in [6.07, 6.45) is 8.18. The lowest BCUT2D eigenvalue weighted by Gasteiger charge is -2.28. The molecule has 3 rings (SSSR count). The highest BCUT2D eigenvalue weighted by Gasteiger charge is 2.21. The topological polar surface area (TPSA) is 56.1 Å². The zero-order chi connectivity index (χ0) is 15.4. The Bertz CT molecular complexity index is 623. The number of benzene rings is 1. The van der Waals surface area contributed by atoms with E-state index in [-0.39, 0.29) is 17.5 Å². The molecule has 4 heteroatoms. The number of hydrogen-bond donors (Lipinski definition) is 1. The highest BCUT2D eigenvalue weighted by Crippen LogP contribution is 2.27. The molecule has 114 valence electrons. The number of aryl methyl sites for hydroxylation is 1. The monoisotopic (exact) mass is 295 g/mol. The standard InChI is InChI=1S/C18H21N3O/c19-12-15(18(22)20-16-8-2-3-9-16)13-21-11-5-7-14-6-1-4-10-17(14)21/h1,4,6,10,13,16H,2-3,5,7-9,11H2,(H,20,22)/b15-13-. The van der Waals surface area contributed by atoms with E-state index < -0.39 is 0 Å². The number of carbonyl (C=O) groups excluding carboxylic acids is 1. The van der Waals surface area contributed by atoms with E-state index in [4.69, 9.17) is 0 Å². The van der Waals surface area contributed by atoms with Crippen LogP contribution in [0.4, 0.5) is 5.69 Å². The Balaban J connectivity index is 1.77. The van der Waals surface area contributed by atoms with Crippen LogP contribution in [0.5, 0.6) is 0 Å². The number of anilines is 1. The molecular weight excluding hydrogens is 274 g/mol. The molecule has 0 bridgehead atoms. The van der Waals surface area contributed by atoms with Crippen LogP contribution in [0.25, 0.3) is 0 Å². The first-order chi connectivity index (χ1) is 10.8. The maximum atomic E-state index is 12.3. The summed E-state index contributed by atoms with van der Waals surface area (Å²) >= 11 is 0. The van der Waals surface area contributed by atoms with Gasteiger partial charge < -0.3 is 10.2 Å². The Hall–Kier alpha value is -2.28. The SMILES string of the molecule is N#C/C(=C/N1CCCc2ccccc21)C(=O)NC1CCCC1. The number of rotatable bonds is 3. The second kappa shape index (κ2) is 6.65. The first-order valence-electron chi connectivity index (χ1n) is 8.05. The lowest BCUT2D eigenvalue weighted by atomic mass is 10.0. The van der Waals surface area contributed by atoms with E-state index >= 15 is 0 Å². The van der Waals surface area contributed by atoms with Crippen molar-refractivity contribution in [2.24, 2.45) is 0 Å². The van der Waals surface area contributed by atoms with Gasteiger partial charge in [0.25, 0.3) is 5.91 Å². The van der Waals surface area contributed by atoms with Crippen LogP contribution >= 0.6 is 0 Å². The Morgan fingerprint density at radius 2 is 2.05 bits per heavy atom. The fourth-order valence-corrected chi connectivity index (χ4v) is 3.32. The summed E-state index contributed by atoms with van der Waals surface area (Å²) in [6.45, 7) is 0.846. The highest BCUT2D eigenvalue weighted by atomic mass is 16.1. The van der Waals surface area contributed by atoms with Gasteiger partial charge in [0.2, 0.25) is 0 Å². The van der Waals surface area contributed by atoms with Gasteiger partial charge in [-0.05, 0) is 37.3 Å². The van der Waals surface area contributed by atoms with Crippen molar-refractivity contribution in [3.8, 4) is 6.07 Å². The number of amides is 1. The van der Waals surface area contributed by atoms with Crippen LogP contribution < -0.4 is 10.2 Å². The van der Waals surface area contributed by atoms with E-state index in [1.165, 1.54) is 5.56 Å². The second-order valence-electron chi connectivity index (χ2n) is 6.04. The molecule has 4 nitrogen and oxygen atoms in total. The summed E-state index contributed by atoms with van der Waals surface area (Å²) < 4.78 is 0. The van der Waals surface area contributed by atoms with Crippen LogP contribution in [-0.2, 0) is 11.2 Å². The molecule has 1 amide bonds. The molecule has 1 heterocycles. The number of nitrogens with zero attached hydrogens (tertiary/aromatic N) is 2. The third-order valence-corrected chi connectivity index (χ3v) is 4.49. The molecule has 0 spiro atoms. The van der Waals surface area contributed by atoms with Crippen molar-refractivity contribution >= 4 is 11.6 Å². The van der Waals surface area contributed by atoms with Gasteiger partial charge in [0.15, 0.2) is 0 Å². The van der Waals surface area contributed by atoms with Crippen LogP contribution in [-0.4, -0.2) is 18.5 Å². The molecule has 0 saturated heterocycles. The van der Waals surface area contributed by atoms with E-state index in [9.17, 15) is 10.1 Å². The van der Waals surface area contributed by atoms with E-state index in [0.29, 0.717) is 0 Å². The fraction of sp³-hybridized carbons (Fsp3) is 0.444. The number of hydrogen-bond acceptors (Lipinski definition) is 3. The Kier molecular flexibility index (Phi) is 4.43. The zero-order valence-corrected chi connectivity index (χ0v) is 12.7. The minimum absolute atomic E-state index is 0.198. The van der Waals surface area contributed by atoms with Crippen LogP contribution in [0.3, 0.4) is 0 Å². The molecule has 1 aromatic carbocycles. The highest BCUT2D eigenvalue weighted by molar-refractivity contribution is 5.97. The summed E-state index contributed by atoms with van der Waals surface area (Å²) in [4.78, 5) is 14.3. The first-order valence-corrected chi connectivity index (χ1v) is 8.05. The van der Waals surface area contributed by atoms with Crippen molar-refractivity contribution in [2.45, 2.75) is 44.6 Å². The molecule has 0 aromatic heterocycles. The van der Waals surface area contributed by atoms with Gasteiger partial charge in [-0.2, -0.15) is 5.26 Å². The molecule has 0 atom stereocenters. The van der Waals surface area contributed by atoms with E-state index in [1.54, 1.807) is 6.20 Å². The van der Waals surface area contributed by atoms with Crippen molar-refractivity contribution in [3.05, 3.63) is 41.6 Å². The average Bonchev–Trinajstić information content (AvgIpc) is 3.05. The van der Waals surface area contributed by atoms with Crippen molar-refractivity contribution in [1.29, 1.82) is 5.26 Å². The predicted molar refractivity (Wildman–Crippen MR) is 86.2 cm³/mol. The minimum atomic E-state index is -0.238. The lowest BCUT2D eigenvalue weighted by molar-refractivity contribution is -0.117. The molecule has 1 fully saturated rings. The van der Waals surface area contributed by atoms with Gasteiger partial charge in [-0.3, -0.25) is 4.79 Å². The first kappa shape index (κ1) is 14.6. The molecule has 1 saturated carbocycles. The van der Waals surface area contributed by atoms with Crippen molar-refractivity contribution in [3.63, 3.8) is 0 Å². The molecule has 1 N–H and O–H groups in total. The summed E-state index contributed by atoms with van der Waals surface area (Å²) in [5.74, 6) is -0.238. The molecule has 1 aromatic rings. The maximum Gasteiger partial charge on any atom is 0.263 e. The summed E-state index contributed by atoms with van der Waals surface area (Å²) in [6, 6.07) is 10.5. The quantitative estimate of drug-likeness (QED) is 0.689. The zero-order valence-electron chi connectivity index (χ0n) is 12.7. The summed E-state index contributed by atoms with van der Waals surface area (Å²) in [5, 5.41) is 12.3. The van der Waals surface area contributed by atoms with Crippen LogP contribution in [0, 0.1) is 11.3 Å². The van der Waals surface area contributed by atoms with Gasteiger partial charge in [-0.25, -0.2) is 0 Å². The van der Waals surface area contributed by atoms with Crippen molar-refractivity contribution < 1.29 is 4.79 Å². The van der Waals surface area contributed by atoms with Gasteiger partial charge in [0.1, 0.15) is 11.6 Å². The second-order valence-corrected chi connectivity index (χ2v) is 6.04. The number of para-hydroxylation sites is 1. The Morgan fingerprint density at radius 3 is 2.82 bits per heavy atom. The molecule has 1 aliphatic carbocycles. The van der Waals surface area contributed by atoms with E-state index in [1.807, 2.05) is 17.0 Å². The lowest BCUT2D eigenvalue weighted by Crippen LogP contribution is -2.34. The van der Waals surface area contributed by atoms with Crippen LogP contribution in [0.1, 0.15) is 37.7 Å². The van der Waals surface area contributed by atoms with Crippen molar-refractivity contribution in [1.82, 2.24) is 5.32 Å². The molecule has 22 heavy (non-hydrogen) atoms. The van der Waals surface area contributed by atoms with Crippen molar-refractivity contribution in [2.75, 3.05) is 11.4 Å². The summed E-state index contributed by atoms with van der Waals surface area (Å²) in [5.41, 5.74) is 2.58. The summed E-state index contributed by atoms with van der Waals surface area (Å²) in [7, 11) is 0. The molecule has 2 aliphatic rings. The normalized spacial score (nSPS) is 18.7. The van der Waals surface area contributed by atoms with Crippen LogP contribution in [0.15, 0.2) is 36.0 Å². The number of nitriles is 1. The number of nitrogens with one attached hydrogen (secondary N) is 1. The van der Waals surface area contributed by atoms with Crippen LogP contribution in [0.2, 0.25) is 0 Å². The molecule has 0 radical (unpaired) electrons. The van der Waals surface area contributed by atoms with Gasteiger partial charge in [0, 0.05) is 24.5 Å². The van der Waals surface area contributed by atoms with E-state index in [2.05, 4.69) is 23.5 Å². The van der Waals surface area contributed by atoms with Gasteiger partial charge >= 0.3 is 0 Å². The smallest absolute Gasteiger partial charge is 0.263 e. The minimum Gasteiger partial charge on any atom is -0.349 e. The fourth-order valence-electron chi connectivity index (χ4n) is 3.32. The third kappa shape index (κ3) is 3.14. The maximum absolute atomic E-state index is 12.3. The van der Waals surface area contributed by atoms with Gasteiger partial charge in [0.05, 0.1) is 0 Å². The van der Waals surface area contributed by atoms with Gasteiger partial charge in [-0.1, -0.05) is 31.0 Å². The third-order valence-electron chi connectivity index (χ3n) is 4.49. The number of carbonyl (C=O) groups is 1. The Morgan fingerprint density at radius 1 is 1.27 bits per heavy atom. The number of fused-ring (bicyclic) bond motifs is 1. The molecule has 0 unspecified atom stereocenters. The van der Waals surface area contributed by atoms with Gasteiger partial charge in [-0.15, -0.1) is 0 Å². The largest absolute Gasteiger partial charge is 0.349 e. The Labute approximate surface area is 131 Å². The predicted octanol–water partition coefficient (Wildman–Crippen LogP) is 2.91.